The summed E-state index contributed by atoms with van der Waals surface area (Å²) in [6, 6.07) is 10.7. The zero-order valence-corrected chi connectivity index (χ0v) is 25.1. The molecule has 2 amide bonds. The molecular formula is C32H36N6O5. The van der Waals surface area contributed by atoms with Crippen molar-refractivity contribution in [1.29, 1.82) is 0 Å². The molecule has 4 heterocycles. The Balaban J connectivity index is 1.48. The van der Waals surface area contributed by atoms with E-state index in [4.69, 9.17) is 14.0 Å². The van der Waals surface area contributed by atoms with Gasteiger partial charge < -0.3 is 34.1 Å². The molecular weight excluding hydrogens is 548 g/mol. The lowest BCUT2D eigenvalue weighted by Gasteiger charge is -2.32. The number of carbonyl (C=O) groups excluding carboxylic acids is 2. The van der Waals surface area contributed by atoms with E-state index in [0.717, 1.165) is 72.7 Å². The van der Waals surface area contributed by atoms with E-state index in [-0.39, 0.29) is 17.6 Å². The summed E-state index contributed by atoms with van der Waals surface area (Å²) in [6.45, 7) is 9.55. The van der Waals surface area contributed by atoms with Gasteiger partial charge in [-0.2, -0.15) is 0 Å². The monoisotopic (exact) mass is 584 g/mol. The van der Waals surface area contributed by atoms with Gasteiger partial charge in [0.1, 0.15) is 17.3 Å². The Kier molecular flexibility index (Phi) is 7.68. The van der Waals surface area contributed by atoms with Crippen LogP contribution in [0, 0.1) is 13.8 Å². The zero-order valence-electron chi connectivity index (χ0n) is 25.1. The van der Waals surface area contributed by atoms with E-state index in [1.807, 2.05) is 32.1 Å². The van der Waals surface area contributed by atoms with Gasteiger partial charge in [-0.05, 0) is 63.4 Å². The molecule has 4 aromatic rings. The molecule has 0 radical (unpaired) electrons. The topological polar surface area (TPSA) is 114 Å². The third-order valence-electron chi connectivity index (χ3n) is 8.24. The normalized spacial score (nSPS) is 16.5. The molecule has 2 aliphatic heterocycles. The SMILES string of the molecule is CNC(=O)Nc1ccc2c(c1)C(=O)/C(=C/c1c(-c3c(C)noc3C)n(CCN3CCN(C)CC3)c3ccc(OC)cc13)O2. The number of benzene rings is 2. The number of ether oxygens (including phenoxy) is 2. The summed E-state index contributed by atoms with van der Waals surface area (Å²) in [6.07, 6.45) is 1.81. The number of amides is 2. The van der Waals surface area contributed by atoms with E-state index in [2.05, 4.69) is 43.3 Å². The predicted molar refractivity (Wildman–Crippen MR) is 165 cm³/mol. The molecule has 224 valence electrons. The lowest BCUT2D eigenvalue weighted by atomic mass is 10.0. The maximum atomic E-state index is 13.7. The van der Waals surface area contributed by atoms with Crippen LogP contribution in [0.5, 0.6) is 11.5 Å². The number of likely N-dealkylation sites (N-methyl/N-ethyl adjacent to an activating group) is 1. The van der Waals surface area contributed by atoms with Crippen molar-refractivity contribution in [2.75, 3.05) is 59.2 Å². The minimum Gasteiger partial charge on any atom is -0.497 e. The number of nitrogens with zero attached hydrogens (tertiary/aromatic N) is 4. The number of fused-ring (bicyclic) bond motifs is 2. The van der Waals surface area contributed by atoms with Crippen LogP contribution in [0.25, 0.3) is 28.2 Å². The number of carbonyl (C=O) groups is 2. The van der Waals surface area contributed by atoms with Crippen molar-refractivity contribution in [3.05, 3.63) is 64.7 Å². The molecule has 0 bridgehead atoms. The van der Waals surface area contributed by atoms with Crippen LogP contribution in [0.2, 0.25) is 0 Å². The second-order valence-electron chi connectivity index (χ2n) is 11.0. The van der Waals surface area contributed by atoms with E-state index in [0.29, 0.717) is 28.5 Å². The van der Waals surface area contributed by atoms with Crippen molar-refractivity contribution < 1.29 is 23.6 Å². The highest BCUT2D eigenvalue weighted by Crippen LogP contribution is 2.42. The van der Waals surface area contributed by atoms with Crippen molar-refractivity contribution in [2.24, 2.45) is 0 Å². The van der Waals surface area contributed by atoms with E-state index in [9.17, 15) is 9.59 Å². The Bertz CT molecular complexity index is 1730. The van der Waals surface area contributed by atoms with Gasteiger partial charge in [-0.15, -0.1) is 0 Å². The van der Waals surface area contributed by atoms with Gasteiger partial charge in [0, 0.05) is 68.5 Å². The average molecular weight is 585 g/mol. The number of allylic oxidation sites excluding steroid dienone is 1. The van der Waals surface area contributed by atoms with E-state index < -0.39 is 0 Å². The number of piperazine rings is 1. The van der Waals surface area contributed by atoms with Crippen LogP contribution in [-0.4, -0.2) is 85.3 Å². The predicted octanol–water partition coefficient (Wildman–Crippen LogP) is 4.54. The minimum atomic E-state index is -0.371. The van der Waals surface area contributed by atoms with E-state index >= 15 is 0 Å². The number of urea groups is 1. The van der Waals surface area contributed by atoms with Crippen LogP contribution in [0.3, 0.4) is 0 Å². The summed E-state index contributed by atoms with van der Waals surface area (Å²) in [4.78, 5) is 30.3. The van der Waals surface area contributed by atoms with Crippen molar-refractivity contribution in [2.45, 2.75) is 20.4 Å². The van der Waals surface area contributed by atoms with Gasteiger partial charge in [0.15, 0.2) is 5.76 Å². The average Bonchev–Trinajstić information content (AvgIpc) is 3.62. The lowest BCUT2D eigenvalue weighted by molar-refractivity contribution is 0.101. The molecule has 2 aromatic carbocycles. The number of aromatic nitrogens is 2. The third kappa shape index (κ3) is 5.37. The van der Waals surface area contributed by atoms with Crippen LogP contribution in [0.15, 0.2) is 46.7 Å². The van der Waals surface area contributed by atoms with Crippen LogP contribution in [0.4, 0.5) is 10.5 Å². The molecule has 11 heteroatoms. The van der Waals surface area contributed by atoms with Crippen molar-refractivity contribution in [1.82, 2.24) is 24.8 Å². The number of nitrogens with one attached hydrogen (secondary N) is 2. The summed E-state index contributed by atoms with van der Waals surface area (Å²) < 4.78 is 19.7. The largest absolute Gasteiger partial charge is 0.497 e. The first-order valence-electron chi connectivity index (χ1n) is 14.4. The first-order valence-corrected chi connectivity index (χ1v) is 14.4. The molecule has 1 fully saturated rings. The summed E-state index contributed by atoms with van der Waals surface area (Å²) in [5.74, 6) is 1.77. The summed E-state index contributed by atoms with van der Waals surface area (Å²) in [5, 5.41) is 10.4. The fourth-order valence-electron chi connectivity index (χ4n) is 5.86. The summed E-state index contributed by atoms with van der Waals surface area (Å²) in [7, 11) is 5.33. The molecule has 0 atom stereocenters. The fourth-order valence-corrected chi connectivity index (χ4v) is 5.86. The Hall–Kier alpha value is -4.61. The first-order chi connectivity index (χ1) is 20.8. The van der Waals surface area contributed by atoms with Crippen LogP contribution in [-0.2, 0) is 6.54 Å². The van der Waals surface area contributed by atoms with Gasteiger partial charge in [0.25, 0.3) is 0 Å². The van der Waals surface area contributed by atoms with Crippen LogP contribution < -0.4 is 20.1 Å². The fraction of sp³-hybridized carbons (Fsp3) is 0.344. The first kappa shape index (κ1) is 28.5. The van der Waals surface area contributed by atoms with Gasteiger partial charge in [-0.1, -0.05) is 5.16 Å². The Morgan fingerprint density at radius 2 is 1.88 bits per heavy atom. The summed E-state index contributed by atoms with van der Waals surface area (Å²) in [5.41, 5.74) is 5.28. The molecule has 43 heavy (non-hydrogen) atoms. The van der Waals surface area contributed by atoms with Gasteiger partial charge in [-0.25, -0.2) is 4.79 Å². The smallest absolute Gasteiger partial charge is 0.318 e. The number of ketones is 1. The number of methoxy groups -OCH3 is 1. The molecule has 6 rings (SSSR count). The highest BCUT2D eigenvalue weighted by Gasteiger charge is 2.31. The Labute approximate surface area is 250 Å². The second-order valence-corrected chi connectivity index (χ2v) is 11.0. The van der Waals surface area contributed by atoms with Crippen LogP contribution >= 0.6 is 0 Å². The minimum absolute atomic E-state index is 0.195. The molecule has 1 saturated heterocycles. The van der Waals surface area contributed by atoms with Gasteiger partial charge in [0.05, 0.1) is 29.6 Å². The zero-order chi connectivity index (χ0) is 30.2. The number of anilines is 1. The Morgan fingerprint density at radius 3 is 2.58 bits per heavy atom. The number of hydrogen-bond acceptors (Lipinski definition) is 8. The quantitative estimate of drug-likeness (QED) is 0.305. The van der Waals surface area contributed by atoms with E-state index in [1.54, 1.807) is 25.3 Å². The molecule has 0 aliphatic carbocycles. The van der Waals surface area contributed by atoms with Crippen LogP contribution in [0.1, 0.15) is 27.4 Å². The number of hydrogen-bond donors (Lipinski definition) is 2. The molecule has 0 saturated carbocycles. The van der Waals surface area contributed by atoms with Gasteiger partial charge in [0.2, 0.25) is 5.78 Å². The third-order valence-corrected chi connectivity index (χ3v) is 8.24. The number of aryl methyl sites for hydroxylation is 2. The standard InChI is InChI=1S/C32H36N6O5/c1-19-29(20(2)43-35-19)30-24(18-28-31(39)25-16-21(34-32(40)33-3)6-9-27(25)42-28)23-17-22(41-5)7-8-26(23)38(30)15-14-37-12-10-36(4)11-13-37/h6-9,16-18H,10-15H2,1-5H3,(H2,33,34,40)/b28-18-. The van der Waals surface area contributed by atoms with E-state index in [1.165, 1.54) is 7.05 Å². The van der Waals surface area contributed by atoms with Crippen molar-refractivity contribution in [3.8, 4) is 22.8 Å². The number of Topliss-reactive ketones (excluding diaryl/α,β-unsaturated/α-hetero) is 1. The molecule has 2 aromatic heterocycles. The molecule has 2 aliphatic rings. The maximum absolute atomic E-state index is 13.7. The molecule has 11 nitrogen and oxygen atoms in total. The highest BCUT2D eigenvalue weighted by molar-refractivity contribution is 6.16. The van der Waals surface area contributed by atoms with Gasteiger partial charge in [-0.3, -0.25) is 9.69 Å². The molecule has 2 N–H and O–H groups in total. The number of rotatable bonds is 7. The molecule has 0 unspecified atom stereocenters. The highest BCUT2D eigenvalue weighted by atomic mass is 16.5. The summed E-state index contributed by atoms with van der Waals surface area (Å²) >= 11 is 0. The van der Waals surface area contributed by atoms with Crippen molar-refractivity contribution in [3.63, 3.8) is 0 Å². The second kappa shape index (κ2) is 11.6. The Morgan fingerprint density at radius 1 is 1.09 bits per heavy atom. The van der Waals surface area contributed by atoms with Crippen molar-refractivity contribution >= 4 is 34.5 Å². The maximum Gasteiger partial charge on any atom is 0.318 e. The lowest BCUT2D eigenvalue weighted by Crippen LogP contribution is -2.45. The van der Waals surface area contributed by atoms with Gasteiger partial charge >= 0.3 is 6.03 Å². The molecule has 0 spiro atoms.